The van der Waals surface area contributed by atoms with Crippen molar-refractivity contribution in [1.29, 1.82) is 0 Å². The molecule has 0 atom stereocenters. The number of aliphatic imine (C=N–C) groups is 1. The number of ketones is 2. The monoisotopic (exact) mass is 898 g/mol. The smallest absolute Gasteiger partial charge is 0.870 e. The molecule has 0 saturated carbocycles. The summed E-state index contributed by atoms with van der Waals surface area (Å²) >= 11 is 6.07. The molecule has 0 bridgehead atoms. The maximum absolute atomic E-state index is 13.5. The molecule has 25 heteroatoms. The van der Waals surface area contributed by atoms with E-state index in [2.05, 4.69) is 76.4 Å². The van der Waals surface area contributed by atoms with Gasteiger partial charge in [0.15, 0.2) is 17.4 Å². The Morgan fingerprint density at radius 1 is 0.852 bits per heavy atom. The Balaban J connectivity index is 0.000000361. The molecule has 0 fully saturated rings. The first-order valence-corrected chi connectivity index (χ1v) is 16.3. The van der Waals surface area contributed by atoms with Crippen LogP contribution >= 0.6 is 31.9 Å². The molecular weight excluding hydrogens is 873 g/mol. The predicted molar refractivity (Wildman–Crippen MR) is 178 cm³/mol. The SMILES string of the molecule is O=C(CCCO)COc1nonc1-c1noc(=O)n1-c1ccc(F)c(Br)c1.O=C(CCCO)COc1nonc1C(=Nc1ccc(F)c(Br)c1)NO.[Na+].[OH-]. The number of benzene rings is 2. The van der Waals surface area contributed by atoms with Crippen molar-refractivity contribution in [3.05, 3.63) is 73.2 Å². The van der Waals surface area contributed by atoms with Gasteiger partial charge in [0.1, 0.15) is 24.8 Å². The Labute approximate surface area is 340 Å². The van der Waals surface area contributed by atoms with E-state index in [1.54, 1.807) is 0 Å². The van der Waals surface area contributed by atoms with E-state index in [-0.39, 0.29) is 135 Å². The van der Waals surface area contributed by atoms with Crippen molar-refractivity contribution >= 4 is 54.9 Å². The summed E-state index contributed by atoms with van der Waals surface area (Å²) in [6.07, 6.45) is 0.931. The number of Topliss-reactive ketones (excluding diaryl/α,β-unsaturated/α-hetero) is 2. The van der Waals surface area contributed by atoms with Crippen molar-refractivity contribution in [3.63, 3.8) is 0 Å². The summed E-state index contributed by atoms with van der Waals surface area (Å²) in [5.41, 5.74) is 2.24. The van der Waals surface area contributed by atoms with Crippen LogP contribution in [0.1, 0.15) is 31.4 Å². The van der Waals surface area contributed by atoms with Crippen molar-refractivity contribution < 1.29 is 92.1 Å². The summed E-state index contributed by atoms with van der Waals surface area (Å²) in [6.45, 7) is -0.838. The zero-order valence-corrected chi connectivity index (χ0v) is 33.0. The molecule has 20 nitrogen and oxygen atoms in total. The maximum atomic E-state index is 13.5. The first kappa shape index (κ1) is 45.9. The molecule has 0 aliphatic heterocycles. The number of aliphatic hydroxyl groups excluding tert-OH is 2. The number of nitrogens with zero attached hydrogens (tertiary/aromatic N) is 7. The van der Waals surface area contributed by atoms with Gasteiger partial charge in [-0.2, -0.15) is 0 Å². The summed E-state index contributed by atoms with van der Waals surface area (Å²) in [6, 6.07) is 7.80. The molecule has 54 heavy (non-hydrogen) atoms. The van der Waals surface area contributed by atoms with Crippen LogP contribution in [0.4, 0.5) is 14.5 Å². The van der Waals surface area contributed by atoms with Gasteiger partial charge in [-0.3, -0.25) is 24.8 Å². The third-order valence-electron chi connectivity index (χ3n) is 6.34. The molecule has 2 aromatic carbocycles. The predicted octanol–water partition coefficient (Wildman–Crippen LogP) is 0.0734. The van der Waals surface area contributed by atoms with Crippen molar-refractivity contribution in [1.82, 2.24) is 35.8 Å². The molecule has 3 heterocycles. The largest absolute Gasteiger partial charge is 1.00 e. The molecule has 0 aliphatic carbocycles. The first-order valence-electron chi connectivity index (χ1n) is 14.7. The summed E-state index contributed by atoms with van der Waals surface area (Å²) in [5.74, 6) is -2.94. The standard InChI is InChI=1S/C15H12BrFN4O6.C14H14BrFN4O5.Na.H2O/c16-10-6-8(3-4-11(10)17)21-13(19-26-15(21)24)12-14(20-27-18-12)25-7-9(23)2-1-5-22;15-10-6-8(3-4-11(10)16)17-13(18-23)12-14(20-25-19-12)24-7-9(22)2-1-5-21;;/h3-4,6,22H,1-2,5,7H2;3-4,6,21,23H,1-2,5,7H2,(H,17,18);;1H2/q;;+1;/p-1. The van der Waals surface area contributed by atoms with Crippen LogP contribution in [-0.4, -0.2) is 95.1 Å². The maximum Gasteiger partial charge on any atom is 1.00 e. The summed E-state index contributed by atoms with van der Waals surface area (Å²) in [7, 11) is 0. The van der Waals surface area contributed by atoms with Gasteiger partial charge < -0.3 is 25.2 Å². The van der Waals surface area contributed by atoms with Gasteiger partial charge in [0.05, 0.1) is 20.3 Å². The van der Waals surface area contributed by atoms with Gasteiger partial charge in [-0.15, -0.1) is 0 Å². The minimum absolute atomic E-state index is 0. The molecule has 0 saturated heterocycles. The van der Waals surface area contributed by atoms with Gasteiger partial charge in [-0.05, 0) is 102 Å². The summed E-state index contributed by atoms with van der Waals surface area (Å²) < 4.78 is 52.3. The number of aliphatic hydroxyl groups is 2. The van der Waals surface area contributed by atoms with Gasteiger partial charge in [0.2, 0.25) is 17.2 Å². The molecule has 3 aromatic heterocycles. The molecule has 0 spiro atoms. The van der Waals surface area contributed by atoms with Crippen LogP contribution in [0.5, 0.6) is 11.8 Å². The fourth-order valence-electron chi connectivity index (χ4n) is 3.89. The summed E-state index contributed by atoms with van der Waals surface area (Å²) in [5, 5.41) is 44.6. The number of carbonyl (C=O) groups excluding carboxylic acids is 2. The Morgan fingerprint density at radius 2 is 1.43 bits per heavy atom. The minimum atomic E-state index is -0.850. The zero-order valence-electron chi connectivity index (χ0n) is 27.8. The van der Waals surface area contributed by atoms with E-state index in [1.807, 2.05) is 5.48 Å². The van der Waals surface area contributed by atoms with Gasteiger partial charge in [0.25, 0.3) is 11.8 Å². The second-order valence-electron chi connectivity index (χ2n) is 10.0. The number of ether oxygens (including phenoxy) is 2. The fraction of sp³-hybridized carbons (Fsp3) is 0.276. The zero-order chi connectivity index (χ0) is 37.6. The molecule has 284 valence electrons. The molecular formula is C29H27Br2F2N8NaO12. The van der Waals surface area contributed by atoms with Gasteiger partial charge >= 0.3 is 35.3 Å². The molecule has 0 radical (unpaired) electrons. The van der Waals surface area contributed by atoms with Gasteiger partial charge in [-0.25, -0.2) is 32.4 Å². The van der Waals surface area contributed by atoms with E-state index in [1.165, 1.54) is 30.3 Å². The Bertz CT molecular complexity index is 2080. The van der Waals surface area contributed by atoms with Crippen molar-refractivity contribution in [2.45, 2.75) is 25.7 Å². The number of carbonyl (C=O) groups is 2. The quantitative estimate of drug-likeness (QED) is 0.0441. The molecule has 5 N–H and O–H groups in total. The molecule has 5 rings (SSSR count). The van der Waals surface area contributed by atoms with Crippen LogP contribution in [0.25, 0.3) is 17.2 Å². The number of aromatic nitrogens is 6. The Morgan fingerprint density at radius 3 is 2.02 bits per heavy atom. The third-order valence-corrected chi connectivity index (χ3v) is 7.55. The van der Waals surface area contributed by atoms with E-state index in [4.69, 9.17) is 19.7 Å². The van der Waals surface area contributed by atoms with E-state index >= 15 is 0 Å². The topological polar surface area (TPSA) is 294 Å². The van der Waals surface area contributed by atoms with Crippen molar-refractivity contribution in [3.8, 4) is 29.0 Å². The van der Waals surface area contributed by atoms with Gasteiger partial charge in [-0.1, -0.05) is 5.16 Å². The number of hydrogen-bond acceptors (Lipinski definition) is 18. The number of halogens is 4. The minimum Gasteiger partial charge on any atom is -0.870 e. The average Bonchev–Trinajstić information content (AvgIpc) is 3.90. The number of rotatable bonds is 16. The van der Waals surface area contributed by atoms with Crippen LogP contribution in [0.3, 0.4) is 0 Å². The van der Waals surface area contributed by atoms with Crippen LogP contribution in [0, 0.1) is 11.6 Å². The van der Waals surface area contributed by atoms with E-state index in [9.17, 15) is 28.4 Å². The number of hydroxylamine groups is 1. The van der Waals surface area contributed by atoms with Crippen molar-refractivity contribution in [2.24, 2.45) is 4.99 Å². The average molecular weight is 900 g/mol. The van der Waals surface area contributed by atoms with Crippen LogP contribution < -0.4 is 50.3 Å². The van der Waals surface area contributed by atoms with Gasteiger partial charge in [0, 0.05) is 26.1 Å². The summed E-state index contributed by atoms with van der Waals surface area (Å²) in [4.78, 5) is 39.3. The molecule has 0 aliphatic rings. The van der Waals surface area contributed by atoms with Crippen LogP contribution in [0.15, 0.2) is 68.9 Å². The molecule has 5 aromatic rings. The van der Waals surface area contributed by atoms with E-state index in [0.717, 1.165) is 10.6 Å². The van der Waals surface area contributed by atoms with Crippen molar-refractivity contribution in [2.75, 3.05) is 26.4 Å². The van der Waals surface area contributed by atoms with E-state index < -0.39 is 17.4 Å². The second kappa shape index (κ2) is 22.8. The van der Waals surface area contributed by atoms with Crippen LogP contribution in [-0.2, 0) is 9.59 Å². The number of nitrogens with one attached hydrogen (secondary N) is 1. The second-order valence-corrected chi connectivity index (χ2v) is 11.7. The Hall–Kier alpha value is -4.27. The fourth-order valence-corrected chi connectivity index (χ4v) is 4.63. The van der Waals surface area contributed by atoms with E-state index in [0.29, 0.717) is 18.5 Å². The molecule has 0 unspecified atom stereocenters. The molecule has 0 amide bonds. The first-order chi connectivity index (χ1) is 25.1. The third kappa shape index (κ3) is 12.7. The normalized spacial score (nSPS) is 10.8. The van der Waals surface area contributed by atoms with Crippen LogP contribution in [0.2, 0.25) is 0 Å². The number of hydrogen-bond donors (Lipinski definition) is 4. The Kier molecular flexibility index (Phi) is 19.4. The number of amidine groups is 1.